The largest absolute Gasteiger partial charge is 0.491 e. The van der Waals surface area contributed by atoms with E-state index in [-0.39, 0.29) is 17.7 Å². The lowest BCUT2D eigenvalue weighted by Crippen LogP contribution is -2.37. The molecule has 1 aromatic carbocycles. The molecule has 1 aliphatic heterocycles. The van der Waals surface area contributed by atoms with Crippen LogP contribution >= 0.6 is 0 Å². The molecule has 0 bridgehead atoms. The number of hydrogen-bond acceptors (Lipinski definition) is 3. The zero-order valence-corrected chi connectivity index (χ0v) is 13.3. The first kappa shape index (κ1) is 16.2. The SMILES string of the molecule is COc1c(F)cc(C(=O)N2CCc3cc(=O)n(C)cc3C2)cc1F. The number of nitrogens with zero attached hydrogens (tertiary/aromatic N) is 2. The van der Waals surface area contributed by atoms with Crippen molar-refractivity contribution in [3.8, 4) is 5.75 Å². The zero-order valence-electron chi connectivity index (χ0n) is 13.3. The first-order valence-electron chi connectivity index (χ1n) is 7.41. The van der Waals surface area contributed by atoms with Gasteiger partial charge < -0.3 is 14.2 Å². The fourth-order valence-electron chi connectivity index (χ4n) is 2.87. The van der Waals surface area contributed by atoms with Gasteiger partial charge in [-0.1, -0.05) is 0 Å². The third-order valence-corrected chi connectivity index (χ3v) is 4.16. The first-order valence-corrected chi connectivity index (χ1v) is 7.41. The van der Waals surface area contributed by atoms with Crippen LogP contribution in [0.4, 0.5) is 8.78 Å². The summed E-state index contributed by atoms with van der Waals surface area (Å²) >= 11 is 0. The third kappa shape index (κ3) is 2.77. The van der Waals surface area contributed by atoms with Crippen LogP contribution in [-0.2, 0) is 20.0 Å². The van der Waals surface area contributed by atoms with Gasteiger partial charge in [-0.05, 0) is 29.7 Å². The number of benzene rings is 1. The molecule has 0 spiro atoms. The zero-order chi connectivity index (χ0) is 17.4. The summed E-state index contributed by atoms with van der Waals surface area (Å²) in [6.07, 6.45) is 2.21. The van der Waals surface area contributed by atoms with Gasteiger partial charge in [0.2, 0.25) is 0 Å². The molecule has 0 saturated carbocycles. The number of fused-ring (bicyclic) bond motifs is 1. The number of pyridine rings is 1. The number of hydrogen-bond donors (Lipinski definition) is 0. The van der Waals surface area contributed by atoms with E-state index in [1.54, 1.807) is 19.3 Å². The maximum Gasteiger partial charge on any atom is 0.254 e. The summed E-state index contributed by atoms with van der Waals surface area (Å²) in [7, 11) is 2.80. The van der Waals surface area contributed by atoms with Crippen molar-refractivity contribution in [1.29, 1.82) is 0 Å². The molecule has 2 heterocycles. The van der Waals surface area contributed by atoms with E-state index in [9.17, 15) is 18.4 Å². The van der Waals surface area contributed by atoms with Gasteiger partial charge in [-0.15, -0.1) is 0 Å². The van der Waals surface area contributed by atoms with E-state index < -0.39 is 23.3 Å². The van der Waals surface area contributed by atoms with Gasteiger partial charge in [0.15, 0.2) is 17.4 Å². The molecule has 5 nitrogen and oxygen atoms in total. The molecule has 24 heavy (non-hydrogen) atoms. The highest BCUT2D eigenvalue weighted by Crippen LogP contribution is 2.25. The number of amides is 1. The number of halogens is 2. The summed E-state index contributed by atoms with van der Waals surface area (Å²) in [5.41, 5.74) is 1.58. The van der Waals surface area contributed by atoms with Crippen molar-refractivity contribution >= 4 is 5.91 Å². The predicted octanol–water partition coefficient (Wildman–Crippen LogP) is 1.87. The van der Waals surface area contributed by atoms with E-state index in [4.69, 9.17) is 0 Å². The summed E-state index contributed by atoms with van der Waals surface area (Å²) in [4.78, 5) is 25.7. The van der Waals surface area contributed by atoms with Crippen LogP contribution in [0.15, 0.2) is 29.2 Å². The summed E-state index contributed by atoms with van der Waals surface area (Å²) in [5, 5.41) is 0. The predicted molar refractivity (Wildman–Crippen MR) is 83.0 cm³/mol. The molecule has 0 saturated heterocycles. The third-order valence-electron chi connectivity index (χ3n) is 4.16. The number of methoxy groups -OCH3 is 1. The van der Waals surface area contributed by atoms with Crippen molar-refractivity contribution < 1.29 is 18.3 Å². The van der Waals surface area contributed by atoms with E-state index in [0.717, 1.165) is 30.4 Å². The molecule has 0 fully saturated rings. The van der Waals surface area contributed by atoms with E-state index >= 15 is 0 Å². The number of aromatic nitrogens is 1. The van der Waals surface area contributed by atoms with Crippen molar-refractivity contribution in [3.63, 3.8) is 0 Å². The standard InChI is InChI=1S/C17H16F2N2O3/c1-20-8-12-9-21(4-3-10(12)7-15(20)22)17(23)11-5-13(18)16(24-2)14(19)6-11/h5-8H,3-4,9H2,1-2H3. The fourth-order valence-corrected chi connectivity index (χ4v) is 2.87. The van der Waals surface area contributed by atoms with Crippen LogP contribution in [0.25, 0.3) is 0 Å². The fraction of sp³-hybridized carbons (Fsp3) is 0.294. The van der Waals surface area contributed by atoms with E-state index in [1.165, 1.54) is 9.47 Å². The topological polar surface area (TPSA) is 51.5 Å². The molecule has 3 rings (SSSR count). The Morgan fingerprint density at radius 2 is 1.83 bits per heavy atom. The Labute approximate surface area is 137 Å². The molecule has 0 N–H and O–H groups in total. The Hall–Kier alpha value is -2.70. The minimum Gasteiger partial charge on any atom is -0.491 e. The molecule has 1 aromatic heterocycles. The van der Waals surface area contributed by atoms with E-state index in [0.29, 0.717) is 13.0 Å². The number of aryl methyl sites for hydroxylation is 1. The molecule has 7 heteroatoms. The number of carbonyl (C=O) groups excluding carboxylic acids is 1. The van der Waals surface area contributed by atoms with Gasteiger partial charge in [-0.2, -0.15) is 0 Å². The van der Waals surface area contributed by atoms with Crippen LogP contribution in [0.1, 0.15) is 21.5 Å². The van der Waals surface area contributed by atoms with Gasteiger partial charge in [0.1, 0.15) is 0 Å². The second kappa shape index (κ2) is 6.07. The molecule has 126 valence electrons. The maximum absolute atomic E-state index is 13.8. The van der Waals surface area contributed by atoms with Crippen molar-refractivity contribution in [2.24, 2.45) is 7.05 Å². The van der Waals surface area contributed by atoms with E-state index in [1.807, 2.05) is 0 Å². The Morgan fingerprint density at radius 3 is 2.46 bits per heavy atom. The van der Waals surface area contributed by atoms with Crippen molar-refractivity contribution in [2.75, 3.05) is 13.7 Å². The highest BCUT2D eigenvalue weighted by Gasteiger charge is 2.24. The molecule has 0 aliphatic carbocycles. The lowest BCUT2D eigenvalue weighted by atomic mass is 10.0. The first-order chi connectivity index (χ1) is 11.4. The second-order valence-corrected chi connectivity index (χ2v) is 5.72. The smallest absolute Gasteiger partial charge is 0.254 e. The van der Waals surface area contributed by atoms with E-state index in [2.05, 4.69) is 4.74 Å². The second-order valence-electron chi connectivity index (χ2n) is 5.72. The lowest BCUT2D eigenvalue weighted by Gasteiger charge is -2.29. The van der Waals surface area contributed by atoms with Crippen molar-refractivity contribution in [2.45, 2.75) is 13.0 Å². The van der Waals surface area contributed by atoms with Gasteiger partial charge in [0.05, 0.1) is 7.11 Å². The summed E-state index contributed by atoms with van der Waals surface area (Å²) < 4.78 is 33.7. The highest BCUT2D eigenvalue weighted by molar-refractivity contribution is 5.94. The molecular weight excluding hydrogens is 318 g/mol. The summed E-state index contributed by atoms with van der Waals surface area (Å²) in [6.45, 7) is 0.672. The molecule has 2 aromatic rings. The van der Waals surface area contributed by atoms with Gasteiger partial charge in [0.25, 0.3) is 11.5 Å². The van der Waals surface area contributed by atoms with Crippen LogP contribution in [0.3, 0.4) is 0 Å². The average Bonchev–Trinajstić information content (AvgIpc) is 2.54. The maximum atomic E-state index is 13.8. The van der Waals surface area contributed by atoms with Crippen LogP contribution in [0.5, 0.6) is 5.75 Å². The molecular formula is C17H16F2N2O3. The quantitative estimate of drug-likeness (QED) is 0.842. The molecule has 0 unspecified atom stereocenters. The molecule has 0 radical (unpaired) electrons. The molecule has 1 amide bonds. The minimum absolute atomic E-state index is 0.0703. The highest BCUT2D eigenvalue weighted by atomic mass is 19.1. The van der Waals surface area contributed by atoms with Crippen molar-refractivity contribution in [1.82, 2.24) is 9.47 Å². The Kier molecular flexibility index (Phi) is 4.09. The summed E-state index contributed by atoms with van der Waals surface area (Å²) in [5.74, 6) is -2.80. The summed E-state index contributed by atoms with van der Waals surface area (Å²) in [6, 6.07) is 3.50. The van der Waals surface area contributed by atoms with Gasteiger partial charge in [0, 0.05) is 38.0 Å². The van der Waals surface area contributed by atoms with Crippen LogP contribution in [0.2, 0.25) is 0 Å². The number of carbonyl (C=O) groups is 1. The van der Waals surface area contributed by atoms with Gasteiger partial charge >= 0.3 is 0 Å². The molecule has 1 aliphatic rings. The van der Waals surface area contributed by atoms with Crippen LogP contribution < -0.4 is 10.3 Å². The minimum atomic E-state index is -0.916. The van der Waals surface area contributed by atoms with Crippen LogP contribution in [0, 0.1) is 11.6 Å². The lowest BCUT2D eigenvalue weighted by molar-refractivity contribution is 0.0733. The molecule has 0 atom stereocenters. The number of rotatable bonds is 2. The number of ether oxygens (including phenoxy) is 1. The Balaban J connectivity index is 1.89. The van der Waals surface area contributed by atoms with Gasteiger partial charge in [-0.3, -0.25) is 9.59 Å². The Morgan fingerprint density at radius 1 is 1.17 bits per heavy atom. The monoisotopic (exact) mass is 334 g/mol. The van der Waals surface area contributed by atoms with Crippen LogP contribution in [-0.4, -0.2) is 29.0 Å². The Bertz CT molecular complexity index is 854. The normalized spacial score (nSPS) is 13.6. The average molecular weight is 334 g/mol. The van der Waals surface area contributed by atoms with Crippen molar-refractivity contribution in [3.05, 3.63) is 63.1 Å². The van der Waals surface area contributed by atoms with Gasteiger partial charge in [-0.25, -0.2) is 8.78 Å².